The zero-order chi connectivity index (χ0) is 37.9. The number of imidazole rings is 1. The zero-order valence-electron chi connectivity index (χ0n) is 30.9. The number of nitrogens with one attached hydrogen (secondary N) is 5. The number of ether oxygens (including phenoxy) is 4. The van der Waals surface area contributed by atoms with E-state index in [4.69, 9.17) is 35.2 Å². The van der Waals surface area contributed by atoms with Gasteiger partial charge in [-0.3, -0.25) is 26.9 Å². The second-order valence-corrected chi connectivity index (χ2v) is 14.3. The molecule has 278 valence electrons. The number of aryl methyl sites for hydroxylation is 2. The Morgan fingerprint density at radius 3 is 1.31 bits per heavy atom. The molecule has 13 heteroatoms. The number of aromatic nitrogens is 2. The lowest BCUT2D eigenvalue weighted by Gasteiger charge is -2.19. The molecule has 1 aromatic heterocycles. The van der Waals surface area contributed by atoms with Crippen LogP contribution < -0.4 is 25.7 Å². The monoisotopic (exact) mass is 713 g/mol. The Balaban J connectivity index is 1.20. The fraction of sp³-hybridized carbons (Fsp3) is 0.410. The van der Waals surface area contributed by atoms with Crippen LogP contribution in [0.4, 0.5) is 9.59 Å². The van der Waals surface area contributed by atoms with Crippen LogP contribution in [0.1, 0.15) is 78.4 Å². The Hall–Kier alpha value is -5.59. The van der Waals surface area contributed by atoms with Gasteiger partial charge >= 0.3 is 12.2 Å². The molecule has 4 aromatic rings. The maximum atomic E-state index is 12.0. The van der Waals surface area contributed by atoms with Crippen molar-refractivity contribution in [2.75, 3.05) is 13.2 Å². The summed E-state index contributed by atoms with van der Waals surface area (Å²) < 4.78 is 26.3. The molecule has 4 rings (SSSR count). The number of unbranched alkanes of at least 4 members (excludes halogenated alkanes) is 2. The van der Waals surface area contributed by atoms with Gasteiger partial charge in [0.15, 0.2) is 0 Å². The number of hydrogen-bond donors (Lipinski definition) is 5. The van der Waals surface area contributed by atoms with E-state index in [1.807, 2.05) is 33.4 Å². The highest BCUT2D eigenvalue weighted by atomic mass is 16.6. The fourth-order valence-corrected chi connectivity index (χ4v) is 5.26. The molecule has 0 aliphatic carbocycles. The van der Waals surface area contributed by atoms with Crippen LogP contribution >= 0.6 is 0 Å². The standard InChI is InChI=1S/C39H51N7O6/c1-38(2,3)51-36(47)43-33(40)27-15-19-29(20-16-27)49-25-11-9-23-45-31-13-7-8-14-32(31)46(35(45)42)24-10-12-26-50-30-21-17-28(18-22-30)34(41)44-37(48)52-39(4,5)6/h7-8,13-22,42H,9-12,23-26H2,1-6H3,(H2,40,43,47)(H2,41,44,48). The molecule has 0 spiro atoms. The molecule has 0 radical (unpaired) electrons. The summed E-state index contributed by atoms with van der Waals surface area (Å²) in [5.74, 6) is 1.26. The van der Waals surface area contributed by atoms with Gasteiger partial charge < -0.3 is 28.1 Å². The quantitative estimate of drug-likeness (QED) is 0.0519. The summed E-state index contributed by atoms with van der Waals surface area (Å²) in [7, 11) is 0. The van der Waals surface area contributed by atoms with Crippen LogP contribution in [0.3, 0.4) is 0 Å². The molecule has 2 amide bonds. The summed E-state index contributed by atoms with van der Waals surface area (Å²) in [5, 5.41) is 30.1. The lowest BCUT2D eigenvalue weighted by atomic mass is 10.2. The summed E-state index contributed by atoms with van der Waals surface area (Å²) >= 11 is 0. The van der Waals surface area contributed by atoms with E-state index < -0.39 is 23.4 Å². The van der Waals surface area contributed by atoms with Gasteiger partial charge in [-0.05, 0) is 128 Å². The van der Waals surface area contributed by atoms with Gasteiger partial charge in [0, 0.05) is 24.2 Å². The average molecular weight is 714 g/mol. The third-order valence-electron chi connectivity index (χ3n) is 7.60. The molecule has 0 aliphatic rings. The number of nitrogens with zero attached hydrogens (tertiary/aromatic N) is 2. The minimum atomic E-state index is -0.670. The van der Waals surface area contributed by atoms with Crippen LogP contribution in [-0.2, 0) is 22.6 Å². The van der Waals surface area contributed by atoms with Crippen molar-refractivity contribution in [1.82, 2.24) is 19.8 Å². The highest BCUT2D eigenvalue weighted by Crippen LogP contribution is 2.17. The molecule has 0 unspecified atom stereocenters. The van der Waals surface area contributed by atoms with Gasteiger partial charge in [0.1, 0.15) is 34.4 Å². The van der Waals surface area contributed by atoms with Crippen molar-refractivity contribution in [1.29, 1.82) is 16.2 Å². The van der Waals surface area contributed by atoms with Crippen molar-refractivity contribution in [2.24, 2.45) is 0 Å². The van der Waals surface area contributed by atoms with Crippen molar-refractivity contribution in [3.8, 4) is 11.5 Å². The molecule has 52 heavy (non-hydrogen) atoms. The van der Waals surface area contributed by atoms with E-state index in [9.17, 15) is 9.59 Å². The summed E-state index contributed by atoms with van der Waals surface area (Å²) in [5.41, 5.74) is 2.30. The fourth-order valence-electron chi connectivity index (χ4n) is 5.26. The van der Waals surface area contributed by atoms with Crippen LogP contribution in [0, 0.1) is 16.2 Å². The molecule has 0 saturated heterocycles. The first-order valence-corrected chi connectivity index (χ1v) is 17.5. The van der Waals surface area contributed by atoms with Crippen LogP contribution in [0.15, 0.2) is 72.8 Å². The number of carbonyl (C=O) groups is 2. The van der Waals surface area contributed by atoms with Gasteiger partial charge in [-0.25, -0.2) is 9.59 Å². The molecule has 3 aromatic carbocycles. The molecule has 5 N–H and O–H groups in total. The largest absolute Gasteiger partial charge is 0.494 e. The van der Waals surface area contributed by atoms with Gasteiger partial charge in [0.25, 0.3) is 0 Å². The van der Waals surface area contributed by atoms with E-state index in [-0.39, 0.29) is 11.7 Å². The number of rotatable bonds is 14. The maximum Gasteiger partial charge on any atom is 0.413 e. The average Bonchev–Trinajstić information content (AvgIpc) is 3.33. The van der Waals surface area contributed by atoms with E-state index >= 15 is 0 Å². The molecule has 0 saturated carbocycles. The molecule has 0 fully saturated rings. The number of alkyl carbamates (subject to hydrolysis) is 2. The molecular formula is C39H51N7O6. The van der Waals surface area contributed by atoms with E-state index in [0.29, 0.717) is 54.5 Å². The maximum absolute atomic E-state index is 12.0. The first-order chi connectivity index (χ1) is 24.6. The van der Waals surface area contributed by atoms with Gasteiger partial charge in [0.2, 0.25) is 5.62 Å². The molecule has 1 heterocycles. The third-order valence-corrected chi connectivity index (χ3v) is 7.60. The van der Waals surface area contributed by atoms with E-state index in [1.165, 1.54) is 0 Å². The van der Waals surface area contributed by atoms with Gasteiger partial charge in [-0.2, -0.15) is 0 Å². The van der Waals surface area contributed by atoms with Crippen LogP contribution in [-0.4, -0.2) is 57.4 Å². The minimum Gasteiger partial charge on any atom is -0.494 e. The van der Waals surface area contributed by atoms with Crippen LogP contribution in [0.5, 0.6) is 11.5 Å². The van der Waals surface area contributed by atoms with Crippen molar-refractivity contribution in [3.63, 3.8) is 0 Å². The second kappa shape index (κ2) is 17.6. The van der Waals surface area contributed by atoms with Gasteiger partial charge in [-0.15, -0.1) is 0 Å². The van der Waals surface area contributed by atoms with Crippen molar-refractivity contribution < 1.29 is 28.5 Å². The Labute approximate surface area is 304 Å². The van der Waals surface area contributed by atoms with E-state index in [1.54, 1.807) is 90.1 Å². The normalized spacial score (nSPS) is 11.5. The number of amidine groups is 2. The lowest BCUT2D eigenvalue weighted by molar-refractivity contribution is 0.0551. The molecule has 0 aliphatic heterocycles. The number of para-hydroxylation sites is 2. The SMILES string of the molecule is CC(C)(C)OC(=O)NC(=N)c1ccc(OCCCCn2c(=N)n(CCCCOc3ccc(C(=N)NC(=O)OC(C)(C)C)cc3)c3ccccc32)cc1. The van der Waals surface area contributed by atoms with Crippen molar-refractivity contribution in [3.05, 3.63) is 89.5 Å². The minimum absolute atomic E-state index is 0.0468. The highest BCUT2D eigenvalue weighted by molar-refractivity contribution is 6.05. The molecule has 13 nitrogen and oxygen atoms in total. The number of hydrogen-bond acceptors (Lipinski definition) is 9. The highest BCUT2D eigenvalue weighted by Gasteiger charge is 2.19. The predicted octanol–water partition coefficient (Wildman–Crippen LogP) is 7.34. The lowest BCUT2D eigenvalue weighted by Crippen LogP contribution is -2.36. The summed E-state index contributed by atoms with van der Waals surface area (Å²) in [4.78, 5) is 23.9. The smallest absolute Gasteiger partial charge is 0.413 e. The first-order valence-electron chi connectivity index (χ1n) is 17.5. The molecule has 0 bridgehead atoms. The summed E-state index contributed by atoms with van der Waals surface area (Å²) in [6.45, 7) is 13.0. The van der Waals surface area contributed by atoms with Crippen molar-refractivity contribution >= 4 is 34.9 Å². The number of benzene rings is 3. The summed E-state index contributed by atoms with van der Waals surface area (Å²) in [6.07, 6.45) is 1.91. The molecular weight excluding hydrogens is 662 g/mol. The Bertz CT molecular complexity index is 1760. The number of carbonyl (C=O) groups excluding carboxylic acids is 2. The Morgan fingerprint density at radius 1 is 0.596 bits per heavy atom. The Kier molecular flexibility index (Phi) is 13.2. The topological polar surface area (TPSA) is 177 Å². The van der Waals surface area contributed by atoms with Crippen LogP contribution in [0.2, 0.25) is 0 Å². The zero-order valence-corrected chi connectivity index (χ0v) is 30.9. The van der Waals surface area contributed by atoms with Gasteiger partial charge in [-0.1, -0.05) is 12.1 Å². The first kappa shape index (κ1) is 39.2. The van der Waals surface area contributed by atoms with Crippen LogP contribution in [0.25, 0.3) is 11.0 Å². The predicted molar refractivity (Wildman–Crippen MR) is 201 cm³/mol. The number of amides is 2. The van der Waals surface area contributed by atoms with Crippen molar-refractivity contribution in [2.45, 2.75) is 91.5 Å². The third kappa shape index (κ3) is 12.0. The van der Waals surface area contributed by atoms with E-state index in [2.05, 4.69) is 10.6 Å². The molecule has 0 atom stereocenters. The van der Waals surface area contributed by atoms with Gasteiger partial charge in [0.05, 0.1) is 24.2 Å². The summed E-state index contributed by atoms with van der Waals surface area (Å²) in [6, 6.07) is 22.0. The number of fused-ring (bicyclic) bond motifs is 1. The van der Waals surface area contributed by atoms with E-state index in [0.717, 1.165) is 36.7 Å². The second-order valence-electron chi connectivity index (χ2n) is 14.3. The Morgan fingerprint density at radius 2 is 0.962 bits per heavy atom.